The predicted octanol–water partition coefficient (Wildman–Crippen LogP) is 1.85. The fourth-order valence-corrected chi connectivity index (χ4v) is 1.84. The summed E-state index contributed by atoms with van der Waals surface area (Å²) in [5.41, 5.74) is 0. The molecule has 0 aromatic heterocycles. The molecule has 84 valence electrons. The lowest BCUT2D eigenvalue weighted by Crippen LogP contribution is -2.21. The van der Waals surface area contributed by atoms with Gasteiger partial charge in [0.05, 0.1) is 12.5 Å². The van der Waals surface area contributed by atoms with Crippen LogP contribution in [0.5, 0.6) is 5.75 Å². The monoisotopic (exact) mass is 220 g/mol. The summed E-state index contributed by atoms with van der Waals surface area (Å²) in [6.07, 6.45) is 1.40. The van der Waals surface area contributed by atoms with Gasteiger partial charge in [0.15, 0.2) is 0 Å². The Morgan fingerprint density at radius 3 is 2.88 bits per heavy atom. The van der Waals surface area contributed by atoms with Crippen LogP contribution in [0.25, 0.3) is 0 Å². The molecule has 4 heteroatoms. The zero-order valence-corrected chi connectivity index (χ0v) is 8.82. The number of rotatable bonds is 3. The van der Waals surface area contributed by atoms with Gasteiger partial charge < -0.3 is 10.1 Å². The van der Waals surface area contributed by atoms with Crippen molar-refractivity contribution in [1.82, 2.24) is 5.32 Å². The molecule has 1 N–H and O–H groups in total. The van der Waals surface area contributed by atoms with Crippen LogP contribution in [0.1, 0.15) is 12.8 Å². The van der Waals surface area contributed by atoms with E-state index in [0.29, 0.717) is 12.2 Å². The third kappa shape index (κ3) is 2.71. The minimum absolute atomic E-state index is 0.0730. The molecule has 2 rings (SSSR count). The van der Waals surface area contributed by atoms with E-state index in [4.69, 9.17) is 10.00 Å². The summed E-state index contributed by atoms with van der Waals surface area (Å²) in [6.45, 7) is 0.740. The van der Waals surface area contributed by atoms with Crippen LogP contribution in [0.2, 0.25) is 0 Å². The van der Waals surface area contributed by atoms with Crippen molar-refractivity contribution in [3.8, 4) is 11.8 Å². The second-order valence-electron chi connectivity index (χ2n) is 3.90. The van der Waals surface area contributed by atoms with Gasteiger partial charge in [-0.15, -0.1) is 0 Å². The molecule has 0 saturated carbocycles. The van der Waals surface area contributed by atoms with Crippen molar-refractivity contribution in [3.63, 3.8) is 0 Å². The number of halogens is 1. The quantitative estimate of drug-likeness (QED) is 0.845. The SMILES string of the molecule is N#CCC1CC(Oc2ccc(F)cc2)CN1. The zero-order valence-electron chi connectivity index (χ0n) is 8.82. The third-order valence-corrected chi connectivity index (χ3v) is 2.64. The van der Waals surface area contributed by atoms with Gasteiger partial charge in [-0.2, -0.15) is 5.26 Å². The van der Waals surface area contributed by atoms with E-state index in [1.807, 2.05) is 0 Å². The Balaban J connectivity index is 1.87. The van der Waals surface area contributed by atoms with Gasteiger partial charge >= 0.3 is 0 Å². The number of hydrogen-bond acceptors (Lipinski definition) is 3. The van der Waals surface area contributed by atoms with E-state index < -0.39 is 0 Å². The highest BCUT2D eigenvalue weighted by atomic mass is 19.1. The lowest BCUT2D eigenvalue weighted by Gasteiger charge is -2.12. The lowest BCUT2D eigenvalue weighted by molar-refractivity contribution is 0.219. The maximum Gasteiger partial charge on any atom is 0.123 e. The summed E-state index contributed by atoms with van der Waals surface area (Å²) in [5, 5.41) is 11.8. The molecule has 1 saturated heterocycles. The maximum atomic E-state index is 12.7. The third-order valence-electron chi connectivity index (χ3n) is 2.64. The number of ether oxygens (including phenoxy) is 1. The molecular formula is C12H13FN2O. The Kier molecular flexibility index (Phi) is 3.37. The fraction of sp³-hybridized carbons (Fsp3) is 0.417. The van der Waals surface area contributed by atoms with E-state index in [2.05, 4.69) is 11.4 Å². The van der Waals surface area contributed by atoms with Crippen LogP contribution >= 0.6 is 0 Å². The zero-order chi connectivity index (χ0) is 11.4. The van der Waals surface area contributed by atoms with E-state index in [0.717, 1.165) is 13.0 Å². The van der Waals surface area contributed by atoms with Gasteiger partial charge in [0.2, 0.25) is 0 Å². The Morgan fingerprint density at radius 2 is 2.19 bits per heavy atom. The average molecular weight is 220 g/mol. The van der Waals surface area contributed by atoms with Crippen LogP contribution in [0.3, 0.4) is 0 Å². The number of nitriles is 1. The number of nitrogens with zero attached hydrogens (tertiary/aromatic N) is 1. The average Bonchev–Trinajstić information content (AvgIpc) is 2.70. The van der Waals surface area contributed by atoms with Crippen LogP contribution in [-0.4, -0.2) is 18.7 Å². The molecule has 1 aromatic rings. The molecule has 1 aliphatic rings. The Bertz CT molecular complexity index is 385. The van der Waals surface area contributed by atoms with Gasteiger partial charge in [-0.1, -0.05) is 0 Å². The first-order valence-electron chi connectivity index (χ1n) is 5.30. The van der Waals surface area contributed by atoms with Gasteiger partial charge in [0, 0.05) is 19.0 Å². The molecule has 1 aromatic carbocycles. The normalized spacial score (nSPS) is 24.0. The minimum Gasteiger partial charge on any atom is -0.489 e. The molecule has 0 radical (unpaired) electrons. The van der Waals surface area contributed by atoms with Crippen molar-refractivity contribution in [3.05, 3.63) is 30.1 Å². The molecule has 3 nitrogen and oxygen atoms in total. The highest BCUT2D eigenvalue weighted by Gasteiger charge is 2.25. The molecule has 2 atom stereocenters. The standard InChI is InChI=1S/C12H13FN2O/c13-9-1-3-11(4-2-9)16-12-7-10(5-6-14)15-8-12/h1-4,10,12,15H,5,7-8H2. The van der Waals surface area contributed by atoms with Crippen molar-refractivity contribution < 1.29 is 9.13 Å². The molecular weight excluding hydrogens is 207 g/mol. The van der Waals surface area contributed by atoms with E-state index in [1.165, 1.54) is 12.1 Å². The minimum atomic E-state index is -0.265. The van der Waals surface area contributed by atoms with E-state index in [-0.39, 0.29) is 18.0 Å². The van der Waals surface area contributed by atoms with Crippen LogP contribution in [0, 0.1) is 17.1 Å². The summed E-state index contributed by atoms with van der Waals surface area (Å²) in [5.74, 6) is 0.407. The molecule has 0 bridgehead atoms. The first-order valence-corrected chi connectivity index (χ1v) is 5.30. The molecule has 16 heavy (non-hydrogen) atoms. The number of hydrogen-bond donors (Lipinski definition) is 1. The first kappa shape index (κ1) is 10.9. The summed E-state index contributed by atoms with van der Waals surface area (Å²) < 4.78 is 18.3. The van der Waals surface area contributed by atoms with Gasteiger partial charge in [0.1, 0.15) is 17.7 Å². The highest BCUT2D eigenvalue weighted by Crippen LogP contribution is 2.18. The summed E-state index contributed by atoms with van der Waals surface area (Å²) in [6, 6.07) is 8.35. The summed E-state index contributed by atoms with van der Waals surface area (Å²) in [4.78, 5) is 0. The molecule has 0 spiro atoms. The van der Waals surface area contributed by atoms with E-state index >= 15 is 0 Å². The van der Waals surface area contributed by atoms with Crippen LogP contribution in [0.4, 0.5) is 4.39 Å². The van der Waals surface area contributed by atoms with Crippen LogP contribution in [-0.2, 0) is 0 Å². The van der Waals surface area contributed by atoms with Gasteiger partial charge in [-0.3, -0.25) is 0 Å². The Hall–Kier alpha value is -1.60. The first-order chi connectivity index (χ1) is 7.78. The molecule has 1 fully saturated rings. The van der Waals surface area contributed by atoms with Gasteiger partial charge in [-0.25, -0.2) is 4.39 Å². The molecule has 1 aliphatic heterocycles. The molecule has 0 amide bonds. The van der Waals surface area contributed by atoms with Crippen LogP contribution < -0.4 is 10.1 Å². The Morgan fingerprint density at radius 1 is 1.44 bits per heavy atom. The molecule has 2 unspecified atom stereocenters. The fourth-order valence-electron chi connectivity index (χ4n) is 1.84. The lowest BCUT2D eigenvalue weighted by atomic mass is 10.1. The van der Waals surface area contributed by atoms with E-state index in [1.54, 1.807) is 12.1 Å². The Labute approximate surface area is 93.8 Å². The topological polar surface area (TPSA) is 45.0 Å². The summed E-state index contributed by atoms with van der Waals surface area (Å²) in [7, 11) is 0. The molecule has 1 heterocycles. The van der Waals surface area contributed by atoms with Crippen LogP contribution in [0.15, 0.2) is 24.3 Å². The van der Waals surface area contributed by atoms with Crippen molar-refractivity contribution in [2.75, 3.05) is 6.54 Å². The van der Waals surface area contributed by atoms with Crippen molar-refractivity contribution >= 4 is 0 Å². The van der Waals surface area contributed by atoms with Crippen molar-refractivity contribution in [1.29, 1.82) is 5.26 Å². The van der Waals surface area contributed by atoms with Gasteiger partial charge in [-0.05, 0) is 24.3 Å². The second kappa shape index (κ2) is 4.95. The molecule has 0 aliphatic carbocycles. The van der Waals surface area contributed by atoms with Crippen molar-refractivity contribution in [2.45, 2.75) is 25.0 Å². The second-order valence-corrected chi connectivity index (χ2v) is 3.90. The predicted molar refractivity (Wildman–Crippen MR) is 57.5 cm³/mol. The maximum absolute atomic E-state index is 12.7. The highest BCUT2D eigenvalue weighted by molar-refractivity contribution is 5.22. The largest absolute Gasteiger partial charge is 0.489 e. The number of nitrogens with one attached hydrogen (secondary N) is 1. The summed E-state index contributed by atoms with van der Waals surface area (Å²) >= 11 is 0. The smallest absolute Gasteiger partial charge is 0.123 e. The number of benzene rings is 1. The van der Waals surface area contributed by atoms with Gasteiger partial charge in [0.25, 0.3) is 0 Å². The van der Waals surface area contributed by atoms with E-state index in [9.17, 15) is 4.39 Å². The van der Waals surface area contributed by atoms with Crippen molar-refractivity contribution in [2.24, 2.45) is 0 Å².